The molecule has 0 N–H and O–H groups in total. The molecule has 0 heterocycles. The van der Waals surface area contributed by atoms with Crippen molar-refractivity contribution in [2.45, 2.75) is 347 Å². The molecule has 93 unspecified atom stereocenters. The van der Waals surface area contributed by atoms with Crippen LogP contribution in [0.5, 0.6) is 0 Å². The van der Waals surface area contributed by atoms with Crippen LogP contribution in [0.3, 0.4) is 0 Å². The second-order valence-corrected chi connectivity index (χ2v) is 81.1. The Labute approximate surface area is 873 Å². The van der Waals surface area contributed by atoms with Crippen LogP contribution in [0.1, 0.15) is 347 Å². The SMILES string of the molecule is C1CCC2CCCCCC3CCCC4CCCCC5CC6CCCCC7CCC8CCC9CC8CCC7C7CCC8CC9C9C%10C%11C%12CCCCC%13CC%14CC%15C%16C%17C%18C(CC1)C1C%19C%20C%21C2C2CCC3%22CCCC43CCCCC54C5C%23C%24%25C(CC8%26C9C%108C%11C%129CCCCC%13%10CC%14%11CC%15%12C%16%13C%17C%181C%191C%20C2%21C2C%14C1C%131C%14%13C2C%222C%14C%15C%16C3%17C3C%18C%19C%20C%234C4%21C%22C%24C%268C%22C94C4C8C9C%22C%10%23C%10C%11%24C%11C%14(C%15%24C%16%10C%17%23C3%22C%189C%198C%204%21)C2%13C%11%121)C7C65%25. The van der Waals surface area contributed by atoms with Gasteiger partial charge in [-0.2, -0.15) is 0 Å². The van der Waals surface area contributed by atoms with E-state index in [1.165, 1.54) is 284 Å². The van der Waals surface area contributed by atoms with Gasteiger partial charge in [0.15, 0.2) is 0 Å². The van der Waals surface area contributed by atoms with Crippen LogP contribution >= 0.6 is 0 Å². The number of hydrogen-bond acceptors (Lipinski definition) is 0. The fraction of sp³-hybridized carbons (Fsp3) is 1.00. The third-order valence-corrected chi connectivity index (χ3v) is 95.0. The van der Waals surface area contributed by atoms with Crippen molar-refractivity contribution in [3.8, 4) is 0 Å². The number of rotatable bonds is 0. The molecular formula is C147H166. The van der Waals surface area contributed by atoms with Gasteiger partial charge in [0, 0.05) is 0 Å². The van der Waals surface area contributed by atoms with Gasteiger partial charge < -0.3 is 0 Å². The van der Waals surface area contributed by atoms with Crippen molar-refractivity contribution in [1.29, 1.82) is 0 Å². The molecule has 0 aliphatic heterocycles. The first-order valence-electron chi connectivity index (χ1n) is 72.8. The van der Waals surface area contributed by atoms with Crippen molar-refractivity contribution >= 4 is 0 Å². The molecule has 0 radical (unpaired) electrons. The predicted octanol–water partition coefficient (Wildman–Crippen LogP) is 28.2. The minimum absolute atomic E-state index is 0.686. The van der Waals surface area contributed by atoms with Crippen LogP contribution in [0.4, 0.5) is 0 Å². The van der Waals surface area contributed by atoms with Gasteiger partial charge in [0.1, 0.15) is 0 Å². The second kappa shape index (κ2) is 16.0. The first kappa shape index (κ1) is 70.4. The molecule has 65 saturated carbocycles. The van der Waals surface area contributed by atoms with Gasteiger partial charge in [0.2, 0.25) is 0 Å². The monoisotopic (exact) mass is 1930 g/mol. The first-order chi connectivity index (χ1) is 72.8. The molecule has 65 aliphatic rings. The molecule has 0 aromatic heterocycles. The minimum Gasteiger partial charge on any atom is -0.0533 e. The predicted molar refractivity (Wildman–Crippen MR) is 537 cm³/mol. The van der Waals surface area contributed by atoms with Gasteiger partial charge in [-0.05, 0) is 745 Å². The largest absolute Gasteiger partial charge is 0.0533 e. The lowest BCUT2D eigenvalue weighted by Gasteiger charge is -3.49. The maximum absolute atomic E-state index is 2.10. The molecular weight excluding hydrogens is 1770 g/mol. The zero-order valence-electron chi connectivity index (χ0n) is 89.2. The summed E-state index contributed by atoms with van der Waals surface area (Å²) in [5.74, 6) is 73.2. The van der Waals surface area contributed by atoms with Gasteiger partial charge in [-0.1, -0.05) is 135 Å². The highest BCUT2D eigenvalue weighted by molar-refractivity contribution is 5.97. The Morgan fingerprint density at radius 3 is 1.69 bits per heavy atom. The van der Waals surface area contributed by atoms with Gasteiger partial charge in [-0.25, -0.2) is 0 Å². The highest BCUT2D eigenvalue weighted by Gasteiger charge is 3.52. The van der Waals surface area contributed by atoms with Crippen LogP contribution in [0.2, 0.25) is 0 Å². The molecule has 35 spiro atoms. The summed E-state index contributed by atoms with van der Waals surface area (Å²) in [6.07, 6.45) is 98.7. The van der Waals surface area contributed by atoms with Crippen molar-refractivity contribution in [2.75, 3.05) is 0 Å². The van der Waals surface area contributed by atoms with E-state index in [0.29, 0.717) is 5.41 Å². The summed E-state index contributed by atoms with van der Waals surface area (Å²) in [4.78, 5) is 0. The van der Waals surface area contributed by atoms with Crippen molar-refractivity contribution < 1.29 is 0 Å². The highest BCUT2D eigenvalue weighted by Crippen LogP contribution is 3.54. The average Bonchev–Trinajstić information content (AvgIpc) is 0.455. The van der Waals surface area contributed by atoms with Crippen LogP contribution in [-0.2, 0) is 0 Å². The van der Waals surface area contributed by atoms with Gasteiger partial charge in [0.05, 0.1) is 0 Å². The summed E-state index contributed by atoms with van der Waals surface area (Å²) >= 11 is 0. The van der Waals surface area contributed by atoms with E-state index in [0.717, 1.165) is 243 Å². The molecule has 0 saturated heterocycles. The molecule has 93 atom stereocenters. The number of fused-ring (bicyclic) bond motifs is 22. The Morgan fingerprint density at radius 2 is 0.810 bits per heavy atom. The molecule has 16 bridgehead atoms. The van der Waals surface area contributed by atoms with Crippen molar-refractivity contribution in [2.24, 2.45) is 533 Å². The van der Waals surface area contributed by atoms with E-state index < -0.39 is 0 Å². The van der Waals surface area contributed by atoms with E-state index in [1.54, 1.807) is 167 Å². The van der Waals surface area contributed by atoms with E-state index in [-0.39, 0.29) is 0 Å². The maximum Gasteiger partial charge on any atom is -0.00221 e. The van der Waals surface area contributed by atoms with Crippen molar-refractivity contribution in [3.05, 3.63) is 0 Å². The Hall–Kier alpha value is 0. The molecule has 0 heteroatoms. The topological polar surface area (TPSA) is 0 Å². The maximum atomic E-state index is 2.10. The Morgan fingerprint density at radius 1 is 0.170 bits per heavy atom. The van der Waals surface area contributed by atoms with Gasteiger partial charge in [0.25, 0.3) is 0 Å². The summed E-state index contributed by atoms with van der Waals surface area (Å²) in [5, 5.41) is 0. The molecule has 0 nitrogen and oxygen atoms in total. The number of hydrogen-bond donors (Lipinski definition) is 0. The standard InChI is InChI=1S/C147H166/c1-3-20-57-21-4-2-6-29-69-81-78-83-73-51-66-48-62-24-11-12-30-71-77-85-76-70-50-64-36-38-68-67-37-35-58-47-59(70)34-32-55(58)31-33-56(67)19-7-8-26-65-49-63-25-10-9-23-60-27-17-28-61(22-5-1)114-43-18-42-113(60)40-13-15-44-117(63)109-110-123-74(80(68)122(65,109)123)52-119(64)95(76)126(85)96(77)118(71)45-16-14-41-115(62)53-116(66)54-120(73)129(83)98(78)124(81)82(69)86-79-84-75(57)72(39-46-114)121(84)87-88-100(125(86,124)97(79)121)144(129)130(88)101(87)132(114)107-94-106-131(113)102-89-90-104-135(110,117)142-93-99(123)133(119,126)108(93)134(118,142)103-91-92-105-137(102,128(89,92)127(90,91)136(103,104)142)146(131)138(105,115)111-139(106,146)143(94)140(107)112(141(111,116)143)145(120,144)147(130,132)140/h55-112H,1-54H2. The van der Waals surface area contributed by atoms with Gasteiger partial charge in [-0.15, -0.1) is 0 Å². The van der Waals surface area contributed by atoms with Crippen LogP contribution in [-0.4, -0.2) is 0 Å². The van der Waals surface area contributed by atoms with E-state index in [2.05, 4.69) is 12.8 Å². The van der Waals surface area contributed by atoms with Crippen LogP contribution in [0.25, 0.3) is 0 Å². The second-order valence-electron chi connectivity index (χ2n) is 81.1. The van der Waals surface area contributed by atoms with E-state index in [4.69, 9.17) is 0 Å². The summed E-state index contributed by atoms with van der Waals surface area (Å²) < 4.78 is 0. The fourth-order valence-electron chi connectivity index (χ4n) is 109. The minimum atomic E-state index is 0.686. The van der Waals surface area contributed by atoms with Gasteiger partial charge in [-0.3, -0.25) is 0 Å². The van der Waals surface area contributed by atoms with Crippen molar-refractivity contribution in [1.82, 2.24) is 0 Å². The van der Waals surface area contributed by atoms with Crippen molar-refractivity contribution in [3.63, 3.8) is 0 Å². The third-order valence-electron chi connectivity index (χ3n) is 95.0. The normalized spacial score (nSPS) is 97.1. The molecule has 65 fully saturated rings. The fourth-order valence-corrected chi connectivity index (χ4v) is 109. The van der Waals surface area contributed by atoms with Crippen LogP contribution in [0, 0.1) is 533 Å². The molecule has 65 rings (SSSR count). The molecule has 754 valence electrons. The summed E-state index contributed by atoms with van der Waals surface area (Å²) in [6.45, 7) is 0. The first-order valence-corrected chi connectivity index (χ1v) is 72.8. The zero-order chi connectivity index (χ0) is 89.2. The zero-order valence-corrected chi connectivity index (χ0v) is 89.2. The lowest BCUT2D eigenvalue weighted by atomic mass is 8.54. The summed E-state index contributed by atoms with van der Waals surface area (Å²) in [7, 11) is 0. The lowest BCUT2D eigenvalue weighted by Crippen LogP contribution is -3.47. The third kappa shape index (κ3) is 3.29. The van der Waals surface area contributed by atoms with E-state index in [9.17, 15) is 0 Å². The molecule has 147 heavy (non-hydrogen) atoms. The Kier molecular flexibility index (Phi) is 7.66. The quantitative estimate of drug-likeness (QED) is 0.227. The highest BCUT2D eigenvalue weighted by atomic mass is 15.6. The van der Waals surface area contributed by atoms with E-state index >= 15 is 0 Å². The molecule has 65 aliphatic carbocycles. The average molecular weight is 1930 g/mol. The molecule has 0 aromatic carbocycles. The summed E-state index contributed by atoms with van der Waals surface area (Å²) in [5.41, 5.74) is 30.2. The lowest BCUT2D eigenvalue weighted by molar-refractivity contribution is -1.04. The summed E-state index contributed by atoms with van der Waals surface area (Å²) in [6, 6.07) is 0. The smallest absolute Gasteiger partial charge is 0.00221 e. The van der Waals surface area contributed by atoms with Gasteiger partial charge >= 0.3 is 0 Å². The Balaban J connectivity index is 0.499. The Bertz CT molecular complexity index is 7670. The molecule has 0 amide bonds. The van der Waals surface area contributed by atoms with Crippen LogP contribution < -0.4 is 0 Å². The van der Waals surface area contributed by atoms with E-state index in [1.807, 2.05) is 167 Å². The molecule has 0 aromatic rings. The van der Waals surface area contributed by atoms with Crippen LogP contribution in [0.15, 0.2) is 0 Å².